The van der Waals surface area contributed by atoms with E-state index in [1.165, 1.54) is 24.3 Å². The molecule has 0 saturated carbocycles. The van der Waals surface area contributed by atoms with E-state index in [4.69, 9.17) is 25.4 Å². The van der Waals surface area contributed by atoms with Gasteiger partial charge in [0.15, 0.2) is 12.2 Å². The van der Waals surface area contributed by atoms with Crippen molar-refractivity contribution in [2.45, 2.75) is 51.0 Å². The fourth-order valence-electron chi connectivity index (χ4n) is 3.47. The molecule has 0 aliphatic carbocycles. The molecule has 1 aliphatic rings. The van der Waals surface area contributed by atoms with Gasteiger partial charge in [-0.25, -0.2) is 9.59 Å². The molecular weight excluding hydrogens is 456 g/mol. The first-order valence-corrected chi connectivity index (χ1v) is 10.9. The molecule has 1 heterocycles. The molecule has 10 heteroatoms. The predicted molar refractivity (Wildman–Crippen MR) is 125 cm³/mol. The molecule has 0 amide bonds. The summed E-state index contributed by atoms with van der Waals surface area (Å²) in [6.45, 7) is 5.35. The second-order valence-corrected chi connectivity index (χ2v) is 8.87. The van der Waals surface area contributed by atoms with Gasteiger partial charge in [-0.2, -0.15) is 0 Å². The fourth-order valence-corrected chi connectivity index (χ4v) is 3.47. The van der Waals surface area contributed by atoms with Crippen LogP contribution in [-0.4, -0.2) is 47.6 Å². The van der Waals surface area contributed by atoms with E-state index in [1.807, 2.05) is 12.1 Å². The summed E-state index contributed by atoms with van der Waals surface area (Å²) in [5.74, 6) is 2.62. The van der Waals surface area contributed by atoms with E-state index in [1.54, 1.807) is 32.9 Å². The number of non-ortho nitro benzene ring substituents is 1. The molecule has 184 valence electrons. The van der Waals surface area contributed by atoms with Crippen LogP contribution in [-0.2, 0) is 20.6 Å². The van der Waals surface area contributed by atoms with E-state index in [0.29, 0.717) is 6.42 Å². The minimum absolute atomic E-state index is 0.0672. The average molecular weight is 482 g/mol. The summed E-state index contributed by atoms with van der Waals surface area (Å²) in [6, 6.07) is 11.9. The summed E-state index contributed by atoms with van der Waals surface area (Å²) in [7, 11) is 0. The van der Waals surface area contributed by atoms with Crippen LogP contribution in [0.5, 0.6) is 5.75 Å². The monoisotopic (exact) mass is 482 g/mol. The molecule has 0 spiro atoms. The zero-order valence-electron chi connectivity index (χ0n) is 19.6. The summed E-state index contributed by atoms with van der Waals surface area (Å²) in [4.78, 5) is 35.0. The first-order valence-electron chi connectivity index (χ1n) is 10.9. The molecule has 2 aromatic rings. The molecular formula is C25H26N2O8. The quantitative estimate of drug-likeness (QED) is 0.214. The Morgan fingerprint density at radius 3 is 2.31 bits per heavy atom. The molecule has 1 fully saturated rings. The van der Waals surface area contributed by atoms with Crippen molar-refractivity contribution in [2.75, 3.05) is 6.54 Å². The topological polar surface area (TPSA) is 126 Å². The molecule has 10 nitrogen and oxygen atoms in total. The van der Waals surface area contributed by atoms with Crippen LogP contribution in [0.3, 0.4) is 0 Å². The van der Waals surface area contributed by atoms with Gasteiger partial charge in [0.05, 0.1) is 11.0 Å². The summed E-state index contributed by atoms with van der Waals surface area (Å²) < 4.78 is 21.4. The van der Waals surface area contributed by atoms with Crippen LogP contribution >= 0.6 is 0 Å². The van der Waals surface area contributed by atoms with Crippen LogP contribution in [0.15, 0.2) is 48.5 Å². The Kier molecular flexibility index (Phi) is 7.94. The standard InChI is InChI=1S/C25H26N2O8/c1-5-16-6-8-17(9-7-16)14-20-22(21(15-26-20)33-24(29)35-25(2,3)4)34-23(28)32-19-12-10-18(11-13-19)27(30)31/h1,6-13,20-22,26H,14-15H2,2-4H3/t20-,21+,22+/m1/s1. The van der Waals surface area contributed by atoms with Gasteiger partial charge in [-0.15, -0.1) is 6.42 Å². The van der Waals surface area contributed by atoms with Crippen molar-refractivity contribution in [2.24, 2.45) is 0 Å². The lowest BCUT2D eigenvalue weighted by molar-refractivity contribution is -0.384. The number of hydrogen-bond acceptors (Lipinski definition) is 9. The van der Waals surface area contributed by atoms with E-state index in [9.17, 15) is 19.7 Å². The number of carbonyl (C=O) groups is 2. The van der Waals surface area contributed by atoms with Gasteiger partial charge in [0, 0.05) is 24.2 Å². The molecule has 0 aromatic heterocycles. The lowest BCUT2D eigenvalue weighted by Crippen LogP contribution is -2.41. The third-order valence-corrected chi connectivity index (χ3v) is 5.04. The molecule has 1 N–H and O–H groups in total. The Morgan fingerprint density at radius 2 is 1.74 bits per heavy atom. The van der Waals surface area contributed by atoms with Crippen LogP contribution in [0.25, 0.3) is 0 Å². The highest BCUT2D eigenvalue weighted by Gasteiger charge is 2.42. The number of nitrogens with zero attached hydrogens (tertiary/aromatic N) is 1. The third kappa shape index (κ3) is 7.45. The molecule has 1 saturated heterocycles. The molecule has 2 aromatic carbocycles. The first kappa shape index (κ1) is 25.5. The lowest BCUT2D eigenvalue weighted by Gasteiger charge is -2.25. The van der Waals surface area contributed by atoms with E-state index in [0.717, 1.165) is 11.1 Å². The van der Waals surface area contributed by atoms with Crippen LogP contribution in [0, 0.1) is 22.5 Å². The van der Waals surface area contributed by atoms with Gasteiger partial charge in [-0.3, -0.25) is 10.1 Å². The van der Waals surface area contributed by atoms with E-state index >= 15 is 0 Å². The molecule has 0 unspecified atom stereocenters. The molecule has 3 rings (SSSR count). The Morgan fingerprint density at radius 1 is 1.09 bits per heavy atom. The Balaban J connectivity index is 1.72. The Labute approximate surface area is 202 Å². The summed E-state index contributed by atoms with van der Waals surface area (Å²) in [5, 5.41) is 14.0. The van der Waals surface area contributed by atoms with Crippen LogP contribution in [0.1, 0.15) is 31.9 Å². The van der Waals surface area contributed by atoms with Crippen molar-refractivity contribution < 1.29 is 33.5 Å². The van der Waals surface area contributed by atoms with Gasteiger partial charge in [0.2, 0.25) is 0 Å². The summed E-state index contributed by atoms with van der Waals surface area (Å²) in [6.07, 6.45) is 2.21. The molecule has 0 radical (unpaired) electrons. The van der Waals surface area contributed by atoms with Gasteiger partial charge in [-0.05, 0) is 57.0 Å². The number of nitro benzene ring substituents is 1. The van der Waals surface area contributed by atoms with Gasteiger partial charge >= 0.3 is 12.3 Å². The summed E-state index contributed by atoms with van der Waals surface area (Å²) in [5.41, 5.74) is 0.759. The summed E-state index contributed by atoms with van der Waals surface area (Å²) >= 11 is 0. The number of nitrogens with one attached hydrogen (secondary N) is 1. The van der Waals surface area contributed by atoms with E-state index in [2.05, 4.69) is 11.2 Å². The van der Waals surface area contributed by atoms with Crippen molar-refractivity contribution in [3.63, 3.8) is 0 Å². The zero-order chi connectivity index (χ0) is 25.6. The average Bonchev–Trinajstić information content (AvgIpc) is 3.13. The van der Waals surface area contributed by atoms with Gasteiger partial charge < -0.3 is 24.3 Å². The van der Waals surface area contributed by atoms with Crippen molar-refractivity contribution >= 4 is 18.0 Å². The van der Waals surface area contributed by atoms with Crippen LogP contribution in [0.4, 0.5) is 15.3 Å². The molecule has 35 heavy (non-hydrogen) atoms. The Hall–Kier alpha value is -4.10. The number of nitro groups is 1. The fraction of sp³-hybridized carbons (Fsp3) is 0.360. The van der Waals surface area contributed by atoms with Crippen molar-refractivity contribution in [3.05, 3.63) is 69.8 Å². The highest BCUT2D eigenvalue weighted by molar-refractivity contribution is 5.65. The second kappa shape index (κ2) is 10.9. The number of hydrogen-bond donors (Lipinski definition) is 1. The maximum Gasteiger partial charge on any atom is 0.514 e. The SMILES string of the molecule is C#Cc1ccc(C[C@H]2NC[C@H](OC(=O)OC(C)(C)C)[C@H]2OC(=O)Oc2ccc([N+](=O)[O-])cc2)cc1. The molecule has 1 aliphatic heterocycles. The van der Waals surface area contributed by atoms with Gasteiger partial charge in [0.25, 0.3) is 5.69 Å². The maximum atomic E-state index is 12.5. The lowest BCUT2D eigenvalue weighted by atomic mass is 10.0. The smallest absolute Gasteiger partial charge is 0.429 e. The second-order valence-electron chi connectivity index (χ2n) is 8.87. The highest BCUT2D eigenvalue weighted by atomic mass is 16.8. The minimum atomic E-state index is -1.04. The Bertz CT molecular complexity index is 1100. The number of benzene rings is 2. The van der Waals surface area contributed by atoms with Gasteiger partial charge in [-0.1, -0.05) is 18.1 Å². The first-order chi connectivity index (χ1) is 16.5. The number of carbonyl (C=O) groups excluding carboxylic acids is 2. The molecule has 0 bridgehead atoms. The number of ether oxygens (including phenoxy) is 4. The minimum Gasteiger partial charge on any atom is -0.429 e. The highest BCUT2D eigenvalue weighted by Crippen LogP contribution is 2.23. The van der Waals surface area contributed by atoms with Crippen molar-refractivity contribution in [3.8, 4) is 18.1 Å². The predicted octanol–water partition coefficient (Wildman–Crippen LogP) is 3.99. The zero-order valence-corrected chi connectivity index (χ0v) is 19.6. The van der Waals surface area contributed by atoms with Crippen molar-refractivity contribution in [1.82, 2.24) is 5.32 Å². The third-order valence-electron chi connectivity index (χ3n) is 5.04. The van der Waals surface area contributed by atoms with E-state index in [-0.39, 0.29) is 18.0 Å². The van der Waals surface area contributed by atoms with E-state index < -0.39 is 41.1 Å². The largest absolute Gasteiger partial charge is 0.514 e. The van der Waals surface area contributed by atoms with Crippen LogP contribution in [0.2, 0.25) is 0 Å². The van der Waals surface area contributed by atoms with Gasteiger partial charge in [0.1, 0.15) is 11.4 Å². The maximum absolute atomic E-state index is 12.5. The normalized spacial score (nSPS) is 19.3. The number of rotatable bonds is 6. The number of terminal acetylenes is 1. The molecule has 3 atom stereocenters. The van der Waals surface area contributed by atoms with Crippen molar-refractivity contribution in [1.29, 1.82) is 0 Å². The van der Waals surface area contributed by atoms with Crippen LogP contribution < -0.4 is 10.1 Å².